The van der Waals surface area contributed by atoms with E-state index in [-0.39, 0.29) is 17.7 Å². The molecule has 1 fully saturated rings. The second-order valence-electron chi connectivity index (χ2n) is 9.50. The number of hydrogen-bond acceptors (Lipinski definition) is 6. The zero-order chi connectivity index (χ0) is 26.5. The van der Waals surface area contributed by atoms with Crippen molar-refractivity contribution in [1.29, 1.82) is 0 Å². The van der Waals surface area contributed by atoms with E-state index in [2.05, 4.69) is 16.0 Å². The molecule has 3 atom stereocenters. The normalized spacial score (nSPS) is 16.2. The summed E-state index contributed by atoms with van der Waals surface area (Å²) in [5.74, 6) is -0.192. The van der Waals surface area contributed by atoms with E-state index in [4.69, 9.17) is 4.74 Å². The number of amides is 2. The van der Waals surface area contributed by atoms with E-state index in [1.165, 1.54) is 13.5 Å². The molecule has 1 aliphatic rings. The average Bonchev–Trinajstić information content (AvgIpc) is 2.94. The van der Waals surface area contributed by atoms with Crippen molar-refractivity contribution in [2.24, 2.45) is 5.92 Å². The molecule has 2 aromatic carbocycles. The average molecular weight is 526 g/mol. The molecule has 1 aliphatic carbocycles. The van der Waals surface area contributed by atoms with Crippen molar-refractivity contribution in [3.8, 4) is 0 Å². The van der Waals surface area contributed by atoms with E-state index in [1.54, 1.807) is 11.8 Å². The lowest BCUT2D eigenvalue weighted by molar-refractivity contribution is -0.145. The van der Waals surface area contributed by atoms with Gasteiger partial charge in [0.05, 0.1) is 7.11 Å². The third kappa shape index (κ3) is 9.11. The first-order chi connectivity index (χ1) is 18.0. The number of rotatable bonds is 13. The molecule has 200 valence electrons. The second kappa shape index (κ2) is 15.3. The number of benzene rings is 2. The van der Waals surface area contributed by atoms with Crippen LogP contribution in [0.15, 0.2) is 60.7 Å². The van der Waals surface area contributed by atoms with Crippen LogP contribution in [0.2, 0.25) is 0 Å². The van der Waals surface area contributed by atoms with Crippen LogP contribution in [0.3, 0.4) is 0 Å². The Labute approximate surface area is 224 Å². The first-order valence-electron chi connectivity index (χ1n) is 13.0. The maximum atomic E-state index is 13.6. The van der Waals surface area contributed by atoms with Crippen molar-refractivity contribution in [1.82, 2.24) is 10.6 Å². The summed E-state index contributed by atoms with van der Waals surface area (Å²) in [6.45, 7) is 0. The Balaban J connectivity index is 1.74. The first-order valence-corrected chi connectivity index (χ1v) is 14.4. The maximum Gasteiger partial charge on any atom is 0.328 e. The molecule has 2 aromatic rings. The van der Waals surface area contributed by atoms with E-state index in [1.807, 2.05) is 66.9 Å². The van der Waals surface area contributed by atoms with Gasteiger partial charge in [-0.1, -0.05) is 67.8 Å². The van der Waals surface area contributed by atoms with Crippen LogP contribution >= 0.6 is 11.8 Å². The summed E-state index contributed by atoms with van der Waals surface area (Å²) in [6, 6.07) is 17.2. The quantitative estimate of drug-likeness (QED) is 0.340. The fourth-order valence-corrected chi connectivity index (χ4v) is 5.27. The Morgan fingerprint density at radius 1 is 0.892 bits per heavy atom. The van der Waals surface area contributed by atoms with Gasteiger partial charge in [-0.2, -0.15) is 11.8 Å². The number of hydrogen-bond donors (Lipinski definition) is 3. The first kappa shape index (κ1) is 28.6. The van der Waals surface area contributed by atoms with E-state index in [0.717, 1.165) is 36.9 Å². The summed E-state index contributed by atoms with van der Waals surface area (Å²) in [5.41, 5.74) is 1.79. The molecule has 0 bridgehead atoms. The van der Waals surface area contributed by atoms with Gasteiger partial charge in [0.25, 0.3) is 0 Å². The van der Waals surface area contributed by atoms with Crippen LogP contribution in [-0.2, 0) is 25.5 Å². The number of nitrogens with one attached hydrogen (secondary N) is 3. The maximum absolute atomic E-state index is 13.6. The van der Waals surface area contributed by atoms with Crippen LogP contribution in [-0.4, -0.2) is 55.0 Å². The molecular formula is C29H39N3O4S. The van der Waals surface area contributed by atoms with Gasteiger partial charge in [-0.25, -0.2) is 4.79 Å². The number of carbonyl (C=O) groups is 3. The Morgan fingerprint density at radius 2 is 1.51 bits per heavy atom. The monoisotopic (exact) mass is 525 g/mol. The van der Waals surface area contributed by atoms with Crippen molar-refractivity contribution in [2.45, 2.75) is 63.1 Å². The molecule has 0 heterocycles. The van der Waals surface area contributed by atoms with Gasteiger partial charge in [-0.05, 0) is 54.9 Å². The van der Waals surface area contributed by atoms with Crippen molar-refractivity contribution >= 4 is 35.2 Å². The highest BCUT2D eigenvalue weighted by Crippen LogP contribution is 2.28. The predicted molar refractivity (Wildman–Crippen MR) is 149 cm³/mol. The number of ether oxygens (including phenoxy) is 1. The number of methoxy groups -OCH3 is 1. The molecular weight excluding hydrogens is 486 g/mol. The molecule has 0 aromatic heterocycles. The molecule has 1 saturated carbocycles. The molecule has 0 radical (unpaired) electrons. The van der Waals surface area contributed by atoms with Crippen LogP contribution in [0.4, 0.5) is 5.69 Å². The molecule has 37 heavy (non-hydrogen) atoms. The van der Waals surface area contributed by atoms with Gasteiger partial charge in [0.2, 0.25) is 11.8 Å². The number of para-hydroxylation sites is 1. The van der Waals surface area contributed by atoms with E-state index < -0.39 is 24.1 Å². The van der Waals surface area contributed by atoms with E-state index >= 15 is 0 Å². The van der Waals surface area contributed by atoms with Crippen molar-refractivity contribution < 1.29 is 19.1 Å². The van der Waals surface area contributed by atoms with Crippen molar-refractivity contribution in [3.63, 3.8) is 0 Å². The van der Waals surface area contributed by atoms with Crippen LogP contribution in [0.5, 0.6) is 0 Å². The Bertz CT molecular complexity index is 983. The molecule has 0 spiro atoms. The molecule has 3 rings (SSSR count). The Morgan fingerprint density at radius 3 is 2.14 bits per heavy atom. The fourth-order valence-electron chi connectivity index (χ4n) is 4.80. The molecule has 7 nitrogen and oxygen atoms in total. The number of thioether (sulfide) groups is 1. The lowest BCUT2D eigenvalue weighted by atomic mass is 9.83. The molecule has 3 unspecified atom stereocenters. The second-order valence-corrected chi connectivity index (χ2v) is 10.5. The topological polar surface area (TPSA) is 96.5 Å². The lowest BCUT2D eigenvalue weighted by Crippen LogP contribution is -2.56. The number of esters is 1. The number of anilines is 1. The lowest BCUT2D eigenvalue weighted by Gasteiger charge is -2.32. The molecule has 3 N–H and O–H groups in total. The minimum absolute atomic E-state index is 0.185. The van der Waals surface area contributed by atoms with Crippen molar-refractivity contribution in [3.05, 3.63) is 66.2 Å². The highest BCUT2D eigenvalue weighted by Gasteiger charge is 2.33. The standard InChI is InChI=1S/C29H39N3O4S/c1-36-29(35)25(20-21-12-6-3-7-13-21)32-27(33)24(18-19-37-2)31-28(34)26(22-14-8-4-9-15-22)30-23-16-10-5-11-17-23/h3,5-7,10-13,16-17,22,24-26,30H,4,8-9,14-15,18-20H2,1-2H3,(H,31,34)(H,32,33). The Kier molecular flexibility index (Phi) is 11.8. The third-order valence-corrected chi connectivity index (χ3v) is 7.47. The molecule has 2 amide bonds. The van der Waals surface area contributed by atoms with E-state index in [9.17, 15) is 14.4 Å². The number of carbonyl (C=O) groups excluding carboxylic acids is 3. The van der Waals surface area contributed by atoms with Gasteiger partial charge >= 0.3 is 5.97 Å². The van der Waals surface area contributed by atoms with Gasteiger partial charge in [-0.15, -0.1) is 0 Å². The van der Waals surface area contributed by atoms with Crippen LogP contribution in [0, 0.1) is 5.92 Å². The van der Waals surface area contributed by atoms with Gasteiger partial charge in [0.1, 0.15) is 18.1 Å². The minimum Gasteiger partial charge on any atom is -0.467 e. The molecule has 8 heteroatoms. The largest absolute Gasteiger partial charge is 0.467 e. The van der Waals surface area contributed by atoms with Gasteiger partial charge in [-0.3, -0.25) is 9.59 Å². The van der Waals surface area contributed by atoms with Gasteiger partial charge in [0.15, 0.2) is 0 Å². The summed E-state index contributed by atoms with van der Waals surface area (Å²) >= 11 is 1.61. The summed E-state index contributed by atoms with van der Waals surface area (Å²) in [5, 5.41) is 9.28. The zero-order valence-electron chi connectivity index (χ0n) is 21.8. The molecule has 0 aliphatic heterocycles. The van der Waals surface area contributed by atoms with Crippen molar-refractivity contribution in [2.75, 3.05) is 24.4 Å². The zero-order valence-corrected chi connectivity index (χ0v) is 22.6. The predicted octanol–water partition coefficient (Wildman–Crippen LogP) is 4.19. The van der Waals surface area contributed by atoms with E-state index in [0.29, 0.717) is 18.6 Å². The van der Waals surface area contributed by atoms with Gasteiger partial charge < -0.3 is 20.7 Å². The summed E-state index contributed by atoms with van der Waals surface area (Å²) in [6.07, 6.45) is 8.06. The van der Waals surface area contributed by atoms with Crippen LogP contribution in [0.25, 0.3) is 0 Å². The summed E-state index contributed by atoms with van der Waals surface area (Å²) in [4.78, 5) is 39.5. The minimum atomic E-state index is -0.842. The molecule has 0 saturated heterocycles. The van der Waals surface area contributed by atoms with Gasteiger partial charge in [0, 0.05) is 12.1 Å². The van der Waals surface area contributed by atoms with Crippen LogP contribution in [0.1, 0.15) is 44.1 Å². The highest BCUT2D eigenvalue weighted by molar-refractivity contribution is 7.98. The summed E-state index contributed by atoms with van der Waals surface area (Å²) in [7, 11) is 1.31. The van der Waals surface area contributed by atoms with Crippen LogP contribution < -0.4 is 16.0 Å². The SMILES string of the molecule is COC(=O)C(Cc1ccccc1)NC(=O)C(CCSC)NC(=O)C(Nc1ccccc1)C1CCCCC1. The highest BCUT2D eigenvalue weighted by atomic mass is 32.2. The fraction of sp³-hybridized carbons (Fsp3) is 0.483. The Hall–Kier alpha value is -3.00. The smallest absolute Gasteiger partial charge is 0.328 e. The third-order valence-electron chi connectivity index (χ3n) is 6.83. The summed E-state index contributed by atoms with van der Waals surface area (Å²) < 4.78 is 4.96.